The van der Waals surface area contributed by atoms with Crippen LogP contribution < -0.4 is 0 Å². The summed E-state index contributed by atoms with van der Waals surface area (Å²) < 4.78 is -0.244. The van der Waals surface area contributed by atoms with Crippen LogP contribution >= 0.6 is 11.8 Å². The highest BCUT2D eigenvalue weighted by atomic mass is 32.2. The molecule has 0 bridgehead atoms. The third-order valence-corrected chi connectivity index (χ3v) is 6.08. The Bertz CT molecular complexity index is 829. The fourth-order valence-corrected chi connectivity index (χ4v) is 4.78. The largest absolute Gasteiger partial charge is 0.246 e. The van der Waals surface area contributed by atoms with Gasteiger partial charge in [0.2, 0.25) is 0 Å². The monoisotopic (exact) mass is 329 g/mol. The minimum absolute atomic E-state index is 0.244. The standard InChI is InChI=1S/C22H19NS/c1-2-21-23-20-16-10-9-15-19(20)22(24-21,17-11-5-3-6-12-17)18-13-7-4-8-14-18/h3-16H,2H2,1H3. The van der Waals surface area contributed by atoms with E-state index in [4.69, 9.17) is 4.99 Å². The third kappa shape index (κ3) is 2.38. The molecule has 24 heavy (non-hydrogen) atoms. The van der Waals surface area contributed by atoms with E-state index in [1.807, 2.05) is 11.8 Å². The van der Waals surface area contributed by atoms with E-state index >= 15 is 0 Å². The first kappa shape index (κ1) is 15.2. The van der Waals surface area contributed by atoms with Gasteiger partial charge in [0.15, 0.2) is 0 Å². The lowest BCUT2D eigenvalue weighted by molar-refractivity contribution is 0.895. The van der Waals surface area contributed by atoms with Crippen LogP contribution in [0.5, 0.6) is 0 Å². The van der Waals surface area contributed by atoms with E-state index in [2.05, 4.69) is 91.9 Å². The summed E-state index contributed by atoms with van der Waals surface area (Å²) in [6.07, 6.45) is 0.945. The van der Waals surface area contributed by atoms with Gasteiger partial charge in [0.25, 0.3) is 0 Å². The number of rotatable bonds is 3. The summed E-state index contributed by atoms with van der Waals surface area (Å²) in [5.74, 6) is 0. The van der Waals surface area contributed by atoms with Crippen LogP contribution in [0.25, 0.3) is 0 Å². The first-order valence-corrected chi connectivity index (χ1v) is 9.13. The molecule has 0 N–H and O–H groups in total. The zero-order valence-corrected chi connectivity index (χ0v) is 14.5. The second kappa shape index (κ2) is 6.29. The third-order valence-electron chi connectivity index (χ3n) is 4.46. The van der Waals surface area contributed by atoms with Crippen LogP contribution in [-0.4, -0.2) is 5.04 Å². The Morgan fingerprint density at radius 1 is 0.750 bits per heavy atom. The maximum absolute atomic E-state index is 4.89. The lowest BCUT2D eigenvalue weighted by Gasteiger charge is -2.38. The smallest absolute Gasteiger partial charge is 0.0986 e. The van der Waals surface area contributed by atoms with Crippen molar-refractivity contribution in [1.82, 2.24) is 0 Å². The second-order valence-corrected chi connectivity index (χ2v) is 7.18. The van der Waals surface area contributed by atoms with Crippen molar-refractivity contribution in [2.24, 2.45) is 4.99 Å². The summed E-state index contributed by atoms with van der Waals surface area (Å²) in [6, 6.07) is 30.1. The van der Waals surface area contributed by atoms with Crippen molar-refractivity contribution in [2.75, 3.05) is 0 Å². The molecule has 3 aromatic carbocycles. The van der Waals surface area contributed by atoms with Crippen LogP contribution in [0.2, 0.25) is 0 Å². The normalized spacial score (nSPS) is 15.5. The Kier molecular flexibility index (Phi) is 3.99. The lowest BCUT2D eigenvalue weighted by Crippen LogP contribution is -2.29. The maximum atomic E-state index is 4.89. The van der Waals surface area contributed by atoms with E-state index in [9.17, 15) is 0 Å². The molecular formula is C22H19NS. The first-order chi connectivity index (χ1) is 11.8. The van der Waals surface area contributed by atoms with Gasteiger partial charge in [-0.25, -0.2) is 4.99 Å². The van der Waals surface area contributed by atoms with Crippen molar-refractivity contribution < 1.29 is 0 Å². The first-order valence-electron chi connectivity index (χ1n) is 8.31. The minimum Gasteiger partial charge on any atom is -0.246 e. The van der Waals surface area contributed by atoms with Gasteiger partial charge in [-0.3, -0.25) is 0 Å². The number of benzene rings is 3. The number of nitrogens with zero attached hydrogens (tertiary/aromatic N) is 1. The van der Waals surface area contributed by atoms with Crippen molar-refractivity contribution in [3.05, 3.63) is 102 Å². The van der Waals surface area contributed by atoms with E-state index in [1.54, 1.807) is 0 Å². The van der Waals surface area contributed by atoms with Crippen molar-refractivity contribution in [3.63, 3.8) is 0 Å². The van der Waals surface area contributed by atoms with Gasteiger partial charge < -0.3 is 0 Å². The molecule has 1 heterocycles. The number of hydrogen-bond acceptors (Lipinski definition) is 2. The zero-order chi connectivity index (χ0) is 16.4. The quantitative estimate of drug-likeness (QED) is 0.560. The lowest BCUT2D eigenvalue weighted by atomic mass is 9.83. The Morgan fingerprint density at radius 3 is 1.88 bits per heavy atom. The molecule has 0 amide bonds. The number of fused-ring (bicyclic) bond motifs is 1. The second-order valence-electron chi connectivity index (χ2n) is 5.89. The Morgan fingerprint density at radius 2 is 1.29 bits per heavy atom. The van der Waals surface area contributed by atoms with E-state index in [0.29, 0.717) is 0 Å². The summed E-state index contributed by atoms with van der Waals surface area (Å²) in [5, 5.41) is 1.18. The molecular weight excluding hydrogens is 310 g/mol. The number of hydrogen-bond donors (Lipinski definition) is 0. The molecule has 0 fully saturated rings. The van der Waals surface area contributed by atoms with Gasteiger partial charge in [0.1, 0.15) is 0 Å². The molecule has 0 unspecified atom stereocenters. The predicted octanol–water partition coefficient (Wildman–Crippen LogP) is 6.17. The van der Waals surface area contributed by atoms with Crippen LogP contribution in [0.3, 0.4) is 0 Å². The molecule has 1 nitrogen and oxygen atoms in total. The van der Waals surface area contributed by atoms with Gasteiger partial charge in [0, 0.05) is 5.56 Å². The number of aliphatic imine (C=N–C) groups is 1. The SMILES string of the molecule is CCC1=Nc2ccccc2C(c2ccccc2)(c2ccccc2)S1. The van der Waals surface area contributed by atoms with Gasteiger partial charge in [0.05, 0.1) is 15.5 Å². The minimum atomic E-state index is -0.244. The highest BCUT2D eigenvalue weighted by Gasteiger charge is 2.42. The van der Waals surface area contributed by atoms with E-state index in [1.165, 1.54) is 21.7 Å². The zero-order valence-electron chi connectivity index (χ0n) is 13.6. The summed E-state index contributed by atoms with van der Waals surface area (Å²) in [6.45, 7) is 2.18. The Labute approximate surface area is 147 Å². The van der Waals surface area contributed by atoms with Gasteiger partial charge in [-0.05, 0) is 23.6 Å². The molecule has 0 aliphatic carbocycles. The van der Waals surface area contributed by atoms with E-state index in [0.717, 1.165) is 12.1 Å². The number of thioether (sulfide) groups is 1. The van der Waals surface area contributed by atoms with Crippen molar-refractivity contribution >= 4 is 22.5 Å². The van der Waals surface area contributed by atoms with Crippen LogP contribution in [0.4, 0.5) is 5.69 Å². The average molecular weight is 329 g/mol. The molecule has 118 valence electrons. The molecule has 0 saturated heterocycles. The molecule has 3 aromatic rings. The Hall–Kier alpha value is -2.32. The van der Waals surface area contributed by atoms with Crippen LogP contribution in [0, 0.1) is 0 Å². The molecule has 0 spiro atoms. The summed E-state index contributed by atoms with van der Waals surface area (Å²) in [5.41, 5.74) is 4.95. The van der Waals surface area contributed by atoms with Gasteiger partial charge in [-0.15, -0.1) is 0 Å². The molecule has 2 heteroatoms. The van der Waals surface area contributed by atoms with Crippen LogP contribution in [0.15, 0.2) is 89.9 Å². The molecule has 0 atom stereocenters. The number of para-hydroxylation sites is 1. The fourth-order valence-electron chi connectivity index (χ4n) is 3.35. The van der Waals surface area contributed by atoms with Crippen LogP contribution in [0.1, 0.15) is 30.0 Å². The van der Waals surface area contributed by atoms with Gasteiger partial charge in [-0.1, -0.05) is 97.5 Å². The predicted molar refractivity (Wildman–Crippen MR) is 104 cm³/mol. The van der Waals surface area contributed by atoms with Crippen molar-refractivity contribution in [3.8, 4) is 0 Å². The summed E-state index contributed by atoms with van der Waals surface area (Å²) >= 11 is 1.88. The fraction of sp³-hybridized carbons (Fsp3) is 0.136. The highest BCUT2D eigenvalue weighted by Crippen LogP contribution is 2.54. The molecule has 0 radical (unpaired) electrons. The molecule has 1 aliphatic rings. The highest BCUT2D eigenvalue weighted by molar-refractivity contribution is 8.15. The van der Waals surface area contributed by atoms with E-state index in [-0.39, 0.29) is 4.75 Å². The maximum Gasteiger partial charge on any atom is 0.0986 e. The molecule has 4 rings (SSSR count). The van der Waals surface area contributed by atoms with E-state index < -0.39 is 0 Å². The van der Waals surface area contributed by atoms with Crippen LogP contribution in [-0.2, 0) is 4.75 Å². The topological polar surface area (TPSA) is 12.4 Å². The molecule has 1 aliphatic heterocycles. The Balaban J connectivity index is 2.06. The average Bonchev–Trinajstić information content (AvgIpc) is 2.68. The van der Waals surface area contributed by atoms with Gasteiger partial charge >= 0.3 is 0 Å². The summed E-state index contributed by atoms with van der Waals surface area (Å²) in [4.78, 5) is 4.89. The molecule has 0 saturated carbocycles. The van der Waals surface area contributed by atoms with Crippen molar-refractivity contribution in [1.29, 1.82) is 0 Å². The molecule has 0 aromatic heterocycles. The van der Waals surface area contributed by atoms with Gasteiger partial charge in [-0.2, -0.15) is 0 Å². The summed E-state index contributed by atoms with van der Waals surface area (Å²) in [7, 11) is 0. The van der Waals surface area contributed by atoms with Crippen molar-refractivity contribution in [2.45, 2.75) is 18.1 Å².